The van der Waals surface area contributed by atoms with Crippen molar-refractivity contribution in [3.8, 4) is 5.88 Å². The second kappa shape index (κ2) is 6.42. The van der Waals surface area contributed by atoms with Gasteiger partial charge in [0.1, 0.15) is 12.4 Å². The fraction of sp³-hybridized carbons (Fsp3) is 0.222. The molecule has 4 rings (SSSR count). The van der Waals surface area contributed by atoms with Crippen LogP contribution in [-0.2, 0) is 10.0 Å². The molecule has 1 atom stereocenters. The molecule has 1 aliphatic rings. The van der Waals surface area contributed by atoms with Crippen LogP contribution in [0.15, 0.2) is 66.0 Å². The van der Waals surface area contributed by atoms with Crippen LogP contribution in [0.2, 0.25) is 0 Å². The molecule has 0 spiro atoms. The molecule has 0 bridgehead atoms. The van der Waals surface area contributed by atoms with E-state index in [-0.39, 0.29) is 6.10 Å². The Kier molecular flexibility index (Phi) is 4.10. The fourth-order valence-electron chi connectivity index (χ4n) is 3.09. The van der Waals surface area contributed by atoms with Gasteiger partial charge in [-0.3, -0.25) is 0 Å². The van der Waals surface area contributed by atoms with Gasteiger partial charge in [-0.25, -0.2) is 18.4 Å². The second-order valence-electron chi connectivity index (χ2n) is 5.92. The molecule has 1 saturated heterocycles. The molecule has 1 aliphatic heterocycles. The van der Waals surface area contributed by atoms with Crippen molar-refractivity contribution in [3.05, 3.63) is 61.1 Å². The quantitative estimate of drug-likeness (QED) is 0.719. The summed E-state index contributed by atoms with van der Waals surface area (Å²) in [5, 5.41) is 1.65. The van der Waals surface area contributed by atoms with Crippen molar-refractivity contribution in [2.24, 2.45) is 0 Å². The van der Waals surface area contributed by atoms with Gasteiger partial charge in [0.25, 0.3) is 0 Å². The van der Waals surface area contributed by atoms with E-state index >= 15 is 0 Å². The number of ether oxygens (including phenoxy) is 1. The molecular weight excluding hydrogens is 338 g/mol. The Bertz CT molecular complexity index is 987. The number of fused-ring (bicyclic) bond motifs is 1. The van der Waals surface area contributed by atoms with Crippen molar-refractivity contribution in [1.29, 1.82) is 0 Å². The Balaban J connectivity index is 1.59. The van der Waals surface area contributed by atoms with E-state index in [2.05, 4.69) is 9.97 Å². The minimum absolute atomic E-state index is 0.209. The number of aromatic nitrogens is 2. The molecular formula is C18H17N3O3S. The van der Waals surface area contributed by atoms with Crippen LogP contribution in [0.25, 0.3) is 10.8 Å². The van der Waals surface area contributed by atoms with Crippen molar-refractivity contribution in [2.75, 3.05) is 13.1 Å². The zero-order chi connectivity index (χ0) is 17.3. The Labute approximate surface area is 146 Å². The van der Waals surface area contributed by atoms with E-state index in [4.69, 9.17) is 4.74 Å². The van der Waals surface area contributed by atoms with Crippen LogP contribution in [0.1, 0.15) is 6.42 Å². The first kappa shape index (κ1) is 16.0. The van der Waals surface area contributed by atoms with Gasteiger partial charge in [0, 0.05) is 24.2 Å². The van der Waals surface area contributed by atoms with Gasteiger partial charge in [-0.2, -0.15) is 4.31 Å². The smallest absolute Gasteiger partial charge is 0.243 e. The van der Waals surface area contributed by atoms with Gasteiger partial charge in [0.05, 0.1) is 11.4 Å². The third-order valence-electron chi connectivity index (χ3n) is 4.32. The topological polar surface area (TPSA) is 72.4 Å². The van der Waals surface area contributed by atoms with Crippen LogP contribution in [0.3, 0.4) is 0 Å². The molecule has 2 aromatic carbocycles. The molecule has 1 aromatic heterocycles. The maximum atomic E-state index is 13.1. The van der Waals surface area contributed by atoms with E-state index in [1.54, 1.807) is 24.4 Å². The predicted octanol–water partition coefficient (Wildman–Crippen LogP) is 2.47. The maximum Gasteiger partial charge on any atom is 0.243 e. The third-order valence-corrected chi connectivity index (χ3v) is 6.24. The van der Waals surface area contributed by atoms with Crippen molar-refractivity contribution < 1.29 is 13.2 Å². The average molecular weight is 355 g/mol. The van der Waals surface area contributed by atoms with Crippen molar-refractivity contribution in [3.63, 3.8) is 0 Å². The van der Waals surface area contributed by atoms with E-state index in [1.165, 1.54) is 10.6 Å². The summed E-state index contributed by atoms with van der Waals surface area (Å²) >= 11 is 0. The first-order valence-electron chi connectivity index (χ1n) is 8.05. The summed E-state index contributed by atoms with van der Waals surface area (Å²) in [6, 6.07) is 14.5. The highest BCUT2D eigenvalue weighted by molar-refractivity contribution is 7.89. The molecule has 0 amide bonds. The highest BCUT2D eigenvalue weighted by Gasteiger charge is 2.34. The molecule has 6 nitrogen and oxygen atoms in total. The lowest BCUT2D eigenvalue weighted by Gasteiger charge is -2.18. The van der Waals surface area contributed by atoms with E-state index in [1.807, 2.05) is 30.3 Å². The van der Waals surface area contributed by atoms with Gasteiger partial charge < -0.3 is 4.74 Å². The maximum absolute atomic E-state index is 13.1. The van der Waals surface area contributed by atoms with E-state index < -0.39 is 10.0 Å². The summed E-state index contributed by atoms with van der Waals surface area (Å²) < 4.78 is 33.4. The number of hydrogen-bond acceptors (Lipinski definition) is 5. The lowest BCUT2D eigenvalue weighted by molar-refractivity contribution is 0.206. The largest absolute Gasteiger partial charge is 0.473 e. The predicted molar refractivity (Wildman–Crippen MR) is 93.8 cm³/mol. The monoisotopic (exact) mass is 355 g/mol. The number of benzene rings is 2. The highest BCUT2D eigenvalue weighted by Crippen LogP contribution is 2.28. The van der Waals surface area contributed by atoms with Crippen LogP contribution >= 0.6 is 0 Å². The summed E-state index contributed by atoms with van der Waals surface area (Å²) in [4.78, 5) is 8.21. The SMILES string of the molecule is O=S(=O)(c1cccc2ccccc12)N1CCC(Oc2ccncn2)C1. The molecule has 0 saturated carbocycles. The lowest BCUT2D eigenvalue weighted by atomic mass is 10.1. The molecule has 0 aliphatic carbocycles. The first-order valence-corrected chi connectivity index (χ1v) is 9.49. The number of rotatable bonds is 4. The molecule has 128 valence electrons. The fourth-order valence-corrected chi connectivity index (χ4v) is 4.79. The molecule has 1 fully saturated rings. The van der Waals surface area contributed by atoms with E-state index in [0.717, 1.165) is 10.8 Å². The van der Waals surface area contributed by atoms with Crippen LogP contribution in [-0.4, -0.2) is 41.9 Å². The molecule has 3 aromatic rings. The summed E-state index contributed by atoms with van der Waals surface area (Å²) in [6.07, 6.45) is 3.43. The minimum Gasteiger partial charge on any atom is -0.473 e. The van der Waals surface area contributed by atoms with Crippen molar-refractivity contribution >= 4 is 20.8 Å². The average Bonchev–Trinajstić information content (AvgIpc) is 3.11. The zero-order valence-electron chi connectivity index (χ0n) is 13.4. The number of hydrogen-bond donors (Lipinski definition) is 0. The van der Waals surface area contributed by atoms with Crippen LogP contribution < -0.4 is 4.74 Å². The number of nitrogens with zero attached hydrogens (tertiary/aromatic N) is 3. The summed E-state index contributed by atoms with van der Waals surface area (Å²) in [5.74, 6) is 0.462. The third kappa shape index (κ3) is 3.08. The molecule has 1 unspecified atom stereocenters. The molecule has 0 N–H and O–H groups in total. The van der Waals surface area contributed by atoms with Crippen LogP contribution in [0, 0.1) is 0 Å². The van der Waals surface area contributed by atoms with Crippen LogP contribution in [0.5, 0.6) is 5.88 Å². The van der Waals surface area contributed by atoms with Gasteiger partial charge in [-0.05, 0) is 17.9 Å². The van der Waals surface area contributed by atoms with Gasteiger partial charge in [-0.1, -0.05) is 36.4 Å². The standard InChI is InChI=1S/C18H17N3O3S/c22-25(23,17-7-3-5-14-4-1-2-6-16(14)17)21-11-9-15(12-21)24-18-8-10-19-13-20-18/h1-8,10,13,15H,9,11-12H2. The van der Waals surface area contributed by atoms with Gasteiger partial charge in [0.15, 0.2) is 0 Å². The summed E-state index contributed by atoms with van der Waals surface area (Å²) in [6.45, 7) is 0.747. The normalized spacial score (nSPS) is 18.5. The van der Waals surface area contributed by atoms with E-state index in [0.29, 0.717) is 30.3 Å². The van der Waals surface area contributed by atoms with Gasteiger partial charge in [0.2, 0.25) is 15.9 Å². The second-order valence-corrected chi connectivity index (χ2v) is 7.82. The van der Waals surface area contributed by atoms with E-state index in [9.17, 15) is 8.42 Å². The Morgan fingerprint density at radius 2 is 1.92 bits per heavy atom. The van der Waals surface area contributed by atoms with Gasteiger partial charge in [-0.15, -0.1) is 0 Å². The minimum atomic E-state index is -3.57. The summed E-state index contributed by atoms with van der Waals surface area (Å²) in [5.41, 5.74) is 0. The molecule has 25 heavy (non-hydrogen) atoms. The zero-order valence-corrected chi connectivity index (χ0v) is 14.3. The summed E-state index contributed by atoms with van der Waals surface area (Å²) in [7, 11) is -3.57. The van der Waals surface area contributed by atoms with Gasteiger partial charge >= 0.3 is 0 Å². The Morgan fingerprint density at radius 3 is 2.76 bits per heavy atom. The number of sulfonamides is 1. The van der Waals surface area contributed by atoms with Crippen molar-refractivity contribution in [2.45, 2.75) is 17.4 Å². The first-order chi connectivity index (χ1) is 12.1. The lowest BCUT2D eigenvalue weighted by Crippen LogP contribution is -2.31. The Morgan fingerprint density at radius 1 is 1.08 bits per heavy atom. The van der Waals surface area contributed by atoms with Crippen LogP contribution in [0.4, 0.5) is 0 Å². The van der Waals surface area contributed by atoms with Crippen molar-refractivity contribution in [1.82, 2.24) is 14.3 Å². The highest BCUT2D eigenvalue weighted by atomic mass is 32.2. The molecule has 2 heterocycles. The molecule has 0 radical (unpaired) electrons. The molecule has 7 heteroatoms. The Hall–Kier alpha value is -2.51.